The summed E-state index contributed by atoms with van der Waals surface area (Å²) in [7, 11) is 0. The third-order valence-electron chi connectivity index (χ3n) is 3.68. The molecule has 0 spiro atoms. The molecule has 0 saturated heterocycles. The lowest BCUT2D eigenvalue weighted by molar-refractivity contribution is 1.04. The first-order chi connectivity index (χ1) is 13.1. The maximum absolute atomic E-state index is 4.68. The van der Waals surface area contributed by atoms with Gasteiger partial charge in [-0.25, -0.2) is 15.0 Å². The largest absolute Gasteiger partial charge is 0.208 e. The fourth-order valence-corrected chi connectivity index (χ4v) is 3.37. The minimum Gasteiger partial charge on any atom is -0.208 e. The number of benzene rings is 2. The molecule has 134 valence electrons. The van der Waals surface area contributed by atoms with Crippen LogP contribution in [-0.2, 0) is 0 Å². The Kier molecular flexibility index (Phi) is 6.48. The third kappa shape index (κ3) is 5.08. The van der Waals surface area contributed by atoms with Crippen LogP contribution in [0, 0.1) is 0 Å². The van der Waals surface area contributed by atoms with E-state index in [1.165, 1.54) is 0 Å². The van der Waals surface area contributed by atoms with E-state index in [9.17, 15) is 0 Å². The number of hydrogen-bond acceptors (Lipinski definition) is 3. The van der Waals surface area contributed by atoms with Crippen molar-refractivity contribution in [1.82, 2.24) is 15.0 Å². The Morgan fingerprint density at radius 1 is 0.926 bits per heavy atom. The highest BCUT2D eigenvalue weighted by Crippen LogP contribution is 2.25. The van der Waals surface area contributed by atoms with Gasteiger partial charge >= 0.3 is 0 Å². The molecule has 0 aliphatic heterocycles. The van der Waals surface area contributed by atoms with E-state index in [0.29, 0.717) is 23.0 Å². The van der Waals surface area contributed by atoms with Gasteiger partial charge in [0.15, 0.2) is 17.5 Å². The van der Waals surface area contributed by atoms with Crippen LogP contribution in [0.2, 0.25) is 0 Å². The predicted octanol–water partition coefficient (Wildman–Crippen LogP) is 6.84. The SMILES string of the molecule is C=C(/C=C(Br)\C=C/C)c1nc(-c2ccccc2)nc(-c2cccc(Br)c2)n1. The molecule has 1 heterocycles. The van der Waals surface area contributed by atoms with Crippen LogP contribution in [0.15, 0.2) is 88.4 Å². The van der Waals surface area contributed by atoms with Crippen molar-refractivity contribution in [1.29, 1.82) is 0 Å². The Balaban J connectivity index is 2.14. The normalized spacial score (nSPS) is 11.7. The Labute approximate surface area is 175 Å². The van der Waals surface area contributed by atoms with E-state index in [0.717, 1.165) is 20.1 Å². The fourth-order valence-electron chi connectivity index (χ4n) is 2.43. The van der Waals surface area contributed by atoms with E-state index in [1.807, 2.05) is 79.7 Å². The Bertz CT molecular complexity index is 1020. The van der Waals surface area contributed by atoms with Crippen LogP contribution >= 0.6 is 31.9 Å². The van der Waals surface area contributed by atoms with Crippen LogP contribution < -0.4 is 0 Å². The van der Waals surface area contributed by atoms with Crippen molar-refractivity contribution in [2.75, 3.05) is 0 Å². The van der Waals surface area contributed by atoms with Crippen molar-refractivity contribution in [3.05, 3.63) is 94.2 Å². The first-order valence-corrected chi connectivity index (χ1v) is 9.92. The quantitative estimate of drug-likeness (QED) is 0.374. The molecule has 0 saturated carbocycles. The maximum Gasteiger partial charge on any atom is 0.164 e. The number of halogens is 2. The molecule has 0 radical (unpaired) electrons. The molecule has 3 aromatic rings. The van der Waals surface area contributed by atoms with Gasteiger partial charge in [0.25, 0.3) is 0 Å². The third-order valence-corrected chi connectivity index (χ3v) is 4.66. The van der Waals surface area contributed by atoms with Crippen LogP contribution in [0.4, 0.5) is 0 Å². The van der Waals surface area contributed by atoms with E-state index < -0.39 is 0 Å². The van der Waals surface area contributed by atoms with Gasteiger partial charge in [-0.2, -0.15) is 0 Å². The van der Waals surface area contributed by atoms with Gasteiger partial charge in [-0.3, -0.25) is 0 Å². The van der Waals surface area contributed by atoms with Gasteiger partial charge in [-0.1, -0.05) is 93.1 Å². The summed E-state index contributed by atoms with van der Waals surface area (Å²) in [5.41, 5.74) is 2.55. The van der Waals surface area contributed by atoms with Gasteiger partial charge in [0.05, 0.1) is 0 Å². The second-order valence-electron chi connectivity index (χ2n) is 5.74. The number of allylic oxidation sites excluding steroid dienone is 5. The zero-order valence-electron chi connectivity index (χ0n) is 14.7. The van der Waals surface area contributed by atoms with Gasteiger partial charge in [0.1, 0.15) is 0 Å². The lowest BCUT2D eigenvalue weighted by Gasteiger charge is -2.08. The molecule has 0 N–H and O–H groups in total. The maximum atomic E-state index is 4.68. The summed E-state index contributed by atoms with van der Waals surface area (Å²) in [6, 6.07) is 17.8. The first kappa shape index (κ1) is 19.4. The van der Waals surface area contributed by atoms with E-state index in [-0.39, 0.29) is 0 Å². The van der Waals surface area contributed by atoms with E-state index in [2.05, 4.69) is 53.4 Å². The minimum absolute atomic E-state index is 0.542. The Hall–Kier alpha value is -2.37. The topological polar surface area (TPSA) is 38.7 Å². The number of rotatable bonds is 5. The summed E-state index contributed by atoms with van der Waals surface area (Å²) in [6.07, 6.45) is 5.79. The molecular formula is C22H17Br2N3. The second-order valence-corrected chi connectivity index (χ2v) is 7.57. The van der Waals surface area contributed by atoms with E-state index in [4.69, 9.17) is 0 Å². The average molecular weight is 483 g/mol. The zero-order chi connectivity index (χ0) is 19.2. The standard InChI is InChI=1S/C22H17Br2N3/c1-3-8-18(23)13-15(2)20-25-21(16-9-5-4-6-10-16)27-22(26-20)17-11-7-12-19(24)14-17/h3-14H,2H2,1H3/b8-3-,18-13+. The summed E-state index contributed by atoms with van der Waals surface area (Å²) in [5.74, 6) is 1.77. The molecule has 0 aliphatic rings. The molecule has 3 nitrogen and oxygen atoms in total. The number of aromatic nitrogens is 3. The van der Waals surface area contributed by atoms with Gasteiger partial charge in [0.2, 0.25) is 0 Å². The number of hydrogen-bond donors (Lipinski definition) is 0. The van der Waals surface area contributed by atoms with Crippen molar-refractivity contribution < 1.29 is 0 Å². The molecule has 27 heavy (non-hydrogen) atoms. The Morgan fingerprint density at radius 3 is 2.26 bits per heavy atom. The smallest absolute Gasteiger partial charge is 0.164 e. The molecule has 0 amide bonds. The summed E-state index contributed by atoms with van der Waals surface area (Å²) in [5, 5.41) is 0. The number of nitrogens with zero attached hydrogens (tertiary/aromatic N) is 3. The minimum atomic E-state index is 0.542. The van der Waals surface area contributed by atoms with Gasteiger partial charge < -0.3 is 0 Å². The van der Waals surface area contributed by atoms with E-state index >= 15 is 0 Å². The Morgan fingerprint density at radius 2 is 1.59 bits per heavy atom. The average Bonchev–Trinajstić information content (AvgIpc) is 2.68. The van der Waals surface area contributed by atoms with Gasteiger partial charge in [0, 0.05) is 25.7 Å². The van der Waals surface area contributed by atoms with Crippen LogP contribution in [0.1, 0.15) is 12.7 Å². The highest BCUT2D eigenvalue weighted by molar-refractivity contribution is 9.12. The van der Waals surface area contributed by atoms with Crippen LogP contribution in [0.25, 0.3) is 28.3 Å². The molecule has 0 atom stereocenters. The lowest BCUT2D eigenvalue weighted by atomic mass is 10.1. The molecule has 2 aromatic carbocycles. The molecule has 3 rings (SSSR count). The second kappa shape index (κ2) is 9.02. The van der Waals surface area contributed by atoms with Crippen molar-refractivity contribution in [2.24, 2.45) is 0 Å². The van der Waals surface area contributed by atoms with Gasteiger partial charge in [-0.15, -0.1) is 0 Å². The van der Waals surface area contributed by atoms with Crippen molar-refractivity contribution >= 4 is 37.4 Å². The van der Waals surface area contributed by atoms with Crippen LogP contribution in [-0.4, -0.2) is 15.0 Å². The summed E-state index contributed by atoms with van der Waals surface area (Å²) >= 11 is 7.02. The highest BCUT2D eigenvalue weighted by atomic mass is 79.9. The van der Waals surface area contributed by atoms with E-state index in [1.54, 1.807) is 0 Å². The first-order valence-electron chi connectivity index (χ1n) is 8.33. The molecule has 0 bridgehead atoms. The lowest BCUT2D eigenvalue weighted by Crippen LogP contribution is -2.02. The predicted molar refractivity (Wildman–Crippen MR) is 119 cm³/mol. The molecule has 0 unspecified atom stereocenters. The molecule has 0 fully saturated rings. The highest BCUT2D eigenvalue weighted by Gasteiger charge is 2.12. The summed E-state index contributed by atoms with van der Waals surface area (Å²) < 4.78 is 1.87. The molecule has 1 aromatic heterocycles. The molecular weight excluding hydrogens is 466 g/mol. The monoisotopic (exact) mass is 481 g/mol. The van der Waals surface area contributed by atoms with Crippen molar-refractivity contribution in [3.8, 4) is 22.8 Å². The fraction of sp³-hybridized carbons (Fsp3) is 0.0455. The van der Waals surface area contributed by atoms with Crippen molar-refractivity contribution in [2.45, 2.75) is 6.92 Å². The zero-order valence-corrected chi connectivity index (χ0v) is 17.9. The van der Waals surface area contributed by atoms with Gasteiger partial charge in [-0.05, 0) is 25.1 Å². The molecule has 0 aliphatic carbocycles. The summed E-state index contributed by atoms with van der Waals surface area (Å²) in [6.45, 7) is 6.09. The van der Waals surface area contributed by atoms with Crippen molar-refractivity contribution in [3.63, 3.8) is 0 Å². The van der Waals surface area contributed by atoms with Crippen LogP contribution in [0.3, 0.4) is 0 Å². The summed E-state index contributed by atoms with van der Waals surface area (Å²) in [4.78, 5) is 14.0. The van der Waals surface area contributed by atoms with Crippen LogP contribution in [0.5, 0.6) is 0 Å². The molecule has 5 heteroatoms.